The summed E-state index contributed by atoms with van der Waals surface area (Å²) in [7, 11) is 0. The van der Waals surface area contributed by atoms with Gasteiger partial charge in [0.25, 0.3) is 5.91 Å². The molecule has 1 aromatic rings. The molecule has 0 saturated carbocycles. The van der Waals surface area contributed by atoms with Crippen LogP contribution in [0.15, 0.2) is 18.2 Å². The predicted octanol–water partition coefficient (Wildman–Crippen LogP) is -0.0965. The highest BCUT2D eigenvalue weighted by Gasteiger charge is 2.20. The zero-order valence-electron chi connectivity index (χ0n) is 8.35. The van der Waals surface area contributed by atoms with Gasteiger partial charge in [-0.15, -0.1) is 0 Å². The van der Waals surface area contributed by atoms with Crippen molar-refractivity contribution < 1.29 is 9.53 Å². The lowest BCUT2D eigenvalue weighted by Crippen LogP contribution is -2.42. The number of hydrogen-bond donors (Lipinski definition) is 1. The molecule has 2 rings (SSSR count). The fourth-order valence-electron chi connectivity index (χ4n) is 1.49. The summed E-state index contributed by atoms with van der Waals surface area (Å²) in [6.07, 6.45) is 0. The van der Waals surface area contributed by atoms with Crippen LogP contribution in [0.1, 0.15) is 5.69 Å². The number of pyridine rings is 1. The zero-order valence-corrected chi connectivity index (χ0v) is 8.35. The average molecular weight is 207 g/mol. The number of aromatic nitrogens is 1. The molecule has 1 fully saturated rings. The number of nitrogens with zero attached hydrogens (tertiary/aromatic N) is 2. The van der Waals surface area contributed by atoms with Gasteiger partial charge in [-0.1, -0.05) is 6.07 Å². The third kappa shape index (κ3) is 2.14. The summed E-state index contributed by atoms with van der Waals surface area (Å²) >= 11 is 0. The van der Waals surface area contributed by atoms with Crippen LogP contribution < -0.4 is 10.6 Å². The van der Waals surface area contributed by atoms with Crippen LogP contribution in [-0.4, -0.2) is 30.6 Å². The van der Waals surface area contributed by atoms with Crippen molar-refractivity contribution in [2.45, 2.75) is 6.54 Å². The first-order valence-electron chi connectivity index (χ1n) is 4.85. The topological polar surface area (TPSA) is 68.4 Å². The quantitative estimate of drug-likeness (QED) is 0.735. The van der Waals surface area contributed by atoms with E-state index in [1.165, 1.54) is 0 Å². The third-order valence-corrected chi connectivity index (χ3v) is 2.26. The van der Waals surface area contributed by atoms with Crippen LogP contribution in [0.4, 0.5) is 5.82 Å². The fourth-order valence-corrected chi connectivity index (χ4v) is 1.49. The number of hydrogen-bond acceptors (Lipinski definition) is 4. The highest BCUT2D eigenvalue weighted by molar-refractivity contribution is 5.93. The van der Waals surface area contributed by atoms with E-state index in [0.717, 1.165) is 5.69 Å². The van der Waals surface area contributed by atoms with Gasteiger partial charge in [0.2, 0.25) is 0 Å². The van der Waals surface area contributed by atoms with Crippen LogP contribution in [0.25, 0.3) is 0 Å². The van der Waals surface area contributed by atoms with E-state index in [4.69, 9.17) is 10.5 Å². The molecule has 1 aliphatic rings. The van der Waals surface area contributed by atoms with Crippen molar-refractivity contribution in [3.8, 4) is 0 Å². The molecule has 1 aromatic heterocycles. The molecule has 0 unspecified atom stereocenters. The van der Waals surface area contributed by atoms with E-state index < -0.39 is 0 Å². The average Bonchev–Trinajstić information content (AvgIpc) is 2.30. The summed E-state index contributed by atoms with van der Waals surface area (Å²) in [5.74, 6) is 0.606. The number of nitrogens with two attached hydrogens (primary N) is 1. The van der Waals surface area contributed by atoms with Gasteiger partial charge in [-0.3, -0.25) is 9.69 Å². The Morgan fingerprint density at radius 3 is 3.13 bits per heavy atom. The van der Waals surface area contributed by atoms with Gasteiger partial charge in [-0.25, -0.2) is 4.98 Å². The molecule has 0 aromatic carbocycles. The van der Waals surface area contributed by atoms with Crippen LogP contribution in [0, 0.1) is 0 Å². The molecule has 1 saturated heterocycles. The maximum absolute atomic E-state index is 11.5. The van der Waals surface area contributed by atoms with Gasteiger partial charge in [0, 0.05) is 6.54 Å². The Hall–Kier alpha value is -1.46. The minimum atomic E-state index is -0.0529. The maximum atomic E-state index is 11.5. The monoisotopic (exact) mass is 207 g/mol. The second-order valence-electron chi connectivity index (χ2n) is 3.29. The van der Waals surface area contributed by atoms with Crippen LogP contribution >= 0.6 is 0 Å². The number of morpholine rings is 1. The SMILES string of the molecule is NCc1cccc(N2CCOCC2=O)n1. The summed E-state index contributed by atoms with van der Waals surface area (Å²) in [5, 5.41) is 0. The first-order valence-corrected chi connectivity index (χ1v) is 4.85. The molecule has 15 heavy (non-hydrogen) atoms. The molecule has 1 aliphatic heterocycles. The Morgan fingerprint density at radius 1 is 1.53 bits per heavy atom. The van der Waals surface area contributed by atoms with E-state index >= 15 is 0 Å². The number of carbonyl (C=O) groups is 1. The number of anilines is 1. The Labute approximate surface area is 87.8 Å². The molecular formula is C10H13N3O2. The van der Waals surface area contributed by atoms with Crippen LogP contribution in [0.5, 0.6) is 0 Å². The molecule has 2 N–H and O–H groups in total. The highest BCUT2D eigenvalue weighted by atomic mass is 16.5. The molecule has 0 aliphatic carbocycles. The van der Waals surface area contributed by atoms with Gasteiger partial charge in [0.1, 0.15) is 12.4 Å². The van der Waals surface area contributed by atoms with Crippen molar-refractivity contribution in [2.75, 3.05) is 24.7 Å². The first-order chi connectivity index (χ1) is 7.31. The summed E-state index contributed by atoms with van der Waals surface area (Å²) in [6, 6.07) is 5.50. The van der Waals surface area contributed by atoms with Crippen molar-refractivity contribution in [3.63, 3.8) is 0 Å². The van der Waals surface area contributed by atoms with E-state index in [1.807, 2.05) is 18.2 Å². The normalized spacial score (nSPS) is 16.9. The van der Waals surface area contributed by atoms with Crippen molar-refractivity contribution in [1.82, 2.24) is 4.98 Å². The van der Waals surface area contributed by atoms with Gasteiger partial charge >= 0.3 is 0 Å². The zero-order chi connectivity index (χ0) is 10.7. The maximum Gasteiger partial charge on any atom is 0.254 e. The number of amides is 1. The van der Waals surface area contributed by atoms with E-state index in [9.17, 15) is 4.79 Å². The summed E-state index contributed by atoms with van der Waals surface area (Å²) < 4.78 is 5.05. The second-order valence-corrected chi connectivity index (χ2v) is 3.29. The standard InChI is InChI=1S/C10H13N3O2/c11-6-8-2-1-3-9(12-8)13-4-5-15-7-10(13)14/h1-3H,4-7,11H2. The van der Waals surface area contributed by atoms with Gasteiger partial charge in [-0.2, -0.15) is 0 Å². The van der Waals surface area contributed by atoms with Gasteiger partial charge in [0.05, 0.1) is 18.8 Å². The molecule has 0 atom stereocenters. The molecule has 0 spiro atoms. The number of carbonyl (C=O) groups excluding carboxylic acids is 1. The number of ether oxygens (including phenoxy) is 1. The molecule has 0 bridgehead atoms. The second kappa shape index (κ2) is 4.37. The molecule has 5 nitrogen and oxygen atoms in total. The fraction of sp³-hybridized carbons (Fsp3) is 0.400. The van der Waals surface area contributed by atoms with E-state index in [-0.39, 0.29) is 12.5 Å². The van der Waals surface area contributed by atoms with Gasteiger partial charge in [-0.05, 0) is 12.1 Å². The molecule has 80 valence electrons. The van der Waals surface area contributed by atoms with E-state index in [2.05, 4.69) is 4.98 Å². The first kappa shape index (κ1) is 10.1. The number of rotatable bonds is 2. The van der Waals surface area contributed by atoms with Gasteiger partial charge in [0.15, 0.2) is 0 Å². The lowest BCUT2D eigenvalue weighted by Gasteiger charge is -2.25. The molecular weight excluding hydrogens is 194 g/mol. The minimum Gasteiger partial charge on any atom is -0.370 e. The predicted molar refractivity (Wildman–Crippen MR) is 55.3 cm³/mol. The Kier molecular flexibility index (Phi) is 2.94. The largest absolute Gasteiger partial charge is 0.370 e. The molecule has 2 heterocycles. The Bertz CT molecular complexity index is 367. The third-order valence-electron chi connectivity index (χ3n) is 2.26. The summed E-state index contributed by atoms with van der Waals surface area (Å²) in [4.78, 5) is 17.4. The Morgan fingerprint density at radius 2 is 2.40 bits per heavy atom. The van der Waals surface area contributed by atoms with Crippen molar-refractivity contribution in [2.24, 2.45) is 5.73 Å². The lowest BCUT2D eigenvalue weighted by molar-refractivity contribution is -0.125. The molecule has 0 radical (unpaired) electrons. The lowest BCUT2D eigenvalue weighted by atomic mass is 10.3. The highest BCUT2D eigenvalue weighted by Crippen LogP contribution is 2.13. The Balaban J connectivity index is 2.23. The smallest absolute Gasteiger partial charge is 0.254 e. The van der Waals surface area contributed by atoms with E-state index in [0.29, 0.717) is 25.5 Å². The summed E-state index contributed by atoms with van der Waals surface area (Å²) in [5.41, 5.74) is 6.28. The molecule has 5 heteroatoms. The van der Waals surface area contributed by atoms with E-state index in [1.54, 1.807) is 4.90 Å². The van der Waals surface area contributed by atoms with Crippen molar-refractivity contribution >= 4 is 11.7 Å². The van der Waals surface area contributed by atoms with Crippen molar-refractivity contribution in [3.05, 3.63) is 23.9 Å². The minimum absolute atomic E-state index is 0.0529. The van der Waals surface area contributed by atoms with Crippen LogP contribution in [0.2, 0.25) is 0 Å². The molecule has 1 amide bonds. The van der Waals surface area contributed by atoms with Crippen LogP contribution in [0.3, 0.4) is 0 Å². The van der Waals surface area contributed by atoms with Crippen LogP contribution in [-0.2, 0) is 16.1 Å². The van der Waals surface area contributed by atoms with Gasteiger partial charge < -0.3 is 10.5 Å². The summed E-state index contributed by atoms with van der Waals surface area (Å²) in [6.45, 7) is 1.63. The van der Waals surface area contributed by atoms with Crippen molar-refractivity contribution in [1.29, 1.82) is 0 Å².